The van der Waals surface area contributed by atoms with Crippen LogP contribution in [0.5, 0.6) is 0 Å². The zero-order chi connectivity index (χ0) is 13.2. The third kappa shape index (κ3) is 2.78. The summed E-state index contributed by atoms with van der Waals surface area (Å²) in [6, 6.07) is 3.40. The first kappa shape index (κ1) is 12.6. The van der Waals surface area contributed by atoms with E-state index >= 15 is 0 Å². The van der Waals surface area contributed by atoms with Gasteiger partial charge < -0.3 is 10.4 Å². The Kier molecular flexibility index (Phi) is 3.51. The molecule has 0 amide bonds. The molecule has 4 heteroatoms. The summed E-state index contributed by atoms with van der Waals surface area (Å²) < 4.78 is 0. The van der Waals surface area contributed by atoms with E-state index in [-0.39, 0.29) is 5.56 Å². The largest absolute Gasteiger partial charge is 0.478 e. The van der Waals surface area contributed by atoms with Gasteiger partial charge in [-0.05, 0) is 55.7 Å². The summed E-state index contributed by atoms with van der Waals surface area (Å²) in [7, 11) is 0. The average Bonchev–Trinajstić information content (AvgIpc) is 3.02. The van der Waals surface area contributed by atoms with Crippen LogP contribution in [0.3, 0.4) is 0 Å². The summed E-state index contributed by atoms with van der Waals surface area (Å²) >= 11 is 0. The number of aromatic carboxylic acids is 1. The second-order valence-corrected chi connectivity index (χ2v) is 5.91. The zero-order valence-electron chi connectivity index (χ0n) is 11.0. The van der Waals surface area contributed by atoms with Gasteiger partial charge in [-0.3, -0.25) is 4.98 Å². The first-order valence-corrected chi connectivity index (χ1v) is 7.11. The molecule has 3 unspecified atom stereocenters. The van der Waals surface area contributed by atoms with Gasteiger partial charge in [0.15, 0.2) is 0 Å². The van der Waals surface area contributed by atoms with Crippen LogP contribution >= 0.6 is 0 Å². The summed E-state index contributed by atoms with van der Waals surface area (Å²) in [4.78, 5) is 14.9. The number of pyridine rings is 1. The van der Waals surface area contributed by atoms with E-state index in [0.29, 0.717) is 0 Å². The van der Waals surface area contributed by atoms with E-state index in [4.69, 9.17) is 5.11 Å². The molecule has 102 valence electrons. The monoisotopic (exact) mass is 260 g/mol. The summed E-state index contributed by atoms with van der Waals surface area (Å²) in [5.41, 5.74) is 1.16. The molecule has 2 N–H and O–H groups in total. The van der Waals surface area contributed by atoms with Crippen molar-refractivity contribution < 1.29 is 9.90 Å². The first-order chi connectivity index (χ1) is 9.22. The van der Waals surface area contributed by atoms with Gasteiger partial charge in [0.2, 0.25) is 0 Å². The minimum absolute atomic E-state index is 0.247. The van der Waals surface area contributed by atoms with Crippen LogP contribution in [0.15, 0.2) is 18.3 Å². The van der Waals surface area contributed by atoms with Crippen molar-refractivity contribution >= 4 is 5.97 Å². The van der Waals surface area contributed by atoms with E-state index in [2.05, 4.69) is 10.3 Å². The molecule has 19 heavy (non-hydrogen) atoms. The van der Waals surface area contributed by atoms with Crippen LogP contribution in [-0.4, -0.2) is 22.6 Å². The molecule has 2 saturated carbocycles. The Labute approximate surface area is 113 Å². The number of fused-ring (bicyclic) bond motifs is 2. The quantitative estimate of drug-likeness (QED) is 0.852. The second-order valence-electron chi connectivity index (χ2n) is 5.91. The molecule has 2 aliphatic carbocycles. The minimum atomic E-state index is -0.922. The van der Waals surface area contributed by atoms with E-state index in [1.54, 1.807) is 12.1 Å². The number of hydrogen-bond acceptors (Lipinski definition) is 3. The van der Waals surface area contributed by atoms with Gasteiger partial charge in [-0.15, -0.1) is 0 Å². The smallest absolute Gasteiger partial charge is 0.337 e. The number of aromatic nitrogens is 1. The van der Waals surface area contributed by atoms with Gasteiger partial charge in [0, 0.05) is 12.7 Å². The van der Waals surface area contributed by atoms with E-state index in [0.717, 1.165) is 36.5 Å². The van der Waals surface area contributed by atoms with Crippen LogP contribution in [0.2, 0.25) is 0 Å². The van der Waals surface area contributed by atoms with Gasteiger partial charge >= 0.3 is 5.97 Å². The molecule has 3 rings (SSSR count). The molecule has 1 aromatic rings. The highest BCUT2D eigenvalue weighted by Crippen LogP contribution is 2.47. The Morgan fingerprint density at radius 2 is 2.26 bits per heavy atom. The summed E-state index contributed by atoms with van der Waals surface area (Å²) in [6.45, 7) is 1.80. The Hall–Kier alpha value is -1.42. The van der Waals surface area contributed by atoms with Crippen molar-refractivity contribution in [2.45, 2.75) is 32.2 Å². The van der Waals surface area contributed by atoms with E-state index < -0.39 is 5.97 Å². The van der Waals surface area contributed by atoms with Gasteiger partial charge in [-0.2, -0.15) is 0 Å². The zero-order valence-corrected chi connectivity index (χ0v) is 11.0. The van der Waals surface area contributed by atoms with Crippen LogP contribution < -0.4 is 5.32 Å². The highest BCUT2D eigenvalue weighted by molar-refractivity contribution is 5.87. The third-order valence-corrected chi connectivity index (χ3v) is 4.67. The van der Waals surface area contributed by atoms with Crippen LogP contribution in [0.4, 0.5) is 0 Å². The normalized spacial score (nSPS) is 28.7. The topological polar surface area (TPSA) is 62.2 Å². The summed E-state index contributed by atoms with van der Waals surface area (Å²) in [5.74, 6) is 1.86. The Morgan fingerprint density at radius 1 is 1.37 bits per heavy atom. The maximum Gasteiger partial charge on any atom is 0.337 e. The molecule has 1 heterocycles. The van der Waals surface area contributed by atoms with Crippen molar-refractivity contribution in [2.24, 2.45) is 17.8 Å². The molecule has 3 atom stereocenters. The first-order valence-electron chi connectivity index (χ1n) is 7.11. The molecule has 1 aromatic heterocycles. The van der Waals surface area contributed by atoms with Crippen LogP contribution in [0.25, 0.3) is 0 Å². The van der Waals surface area contributed by atoms with Crippen LogP contribution in [0, 0.1) is 17.8 Å². The molecule has 2 bridgehead atoms. The average molecular weight is 260 g/mol. The number of carbonyl (C=O) groups is 1. The number of carboxylic acids is 1. The molecule has 4 nitrogen and oxygen atoms in total. The van der Waals surface area contributed by atoms with Gasteiger partial charge in [0.05, 0.1) is 11.3 Å². The number of hydrogen-bond donors (Lipinski definition) is 2. The number of nitrogens with zero attached hydrogens (tertiary/aromatic N) is 1. The fraction of sp³-hybridized carbons (Fsp3) is 0.600. The number of rotatable bonds is 5. The van der Waals surface area contributed by atoms with Crippen molar-refractivity contribution in [3.05, 3.63) is 29.6 Å². The highest BCUT2D eigenvalue weighted by Gasteiger charge is 2.38. The van der Waals surface area contributed by atoms with Gasteiger partial charge in [0.25, 0.3) is 0 Å². The van der Waals surface area contributed by atoms with Gasteiger partial charge in [0.1, 0.15) is 0 Å². The second kappa shape index (κ2) is 5.29. The SMILES string of the molecule is O=C(O)c1ccc(CNCC2CC3CCC2C3)nc1. The highest BCUT2D eigenvalue weighted by atomic mass is 16.4. The lowest BCUT2D eigenvalue weighted by molar-refractivity contribution is 0.0696. The summed E-state index contributed by atoms with van der Waals surface area (Å²) in [5, 5.41) is 12.3. The van der Waals surface area contributed by atoms with Crippen LogP contribution in [0.1, 0.15) is 41.7 Å². The predicted octanol–water partition coefficient (Wildman–Crippen LogP) is 2.31. The van der Waals surface area contributed by atoms with Crippen LogP contribution in [-0.2, 0) is 6.54 Å². The van der Waals surface area contributed by atoms with Crippen molar-refractivity contribution in [1.29, 1.82) is 0 Å². The van der Waals surface area contributed by atoms with Crippen molar-refractivity contribution in [3.63, 3.8) is 0 Å². The predicted molar refractivity (Wildman–Crippen MR) is 71.8 cm³/mol. The maximum atomic E-state index is 10.7. The molecule has 0 spiro atoms. The van der Waals surface area contributed by atoms with Gasteiger partial charge in [-0.25, -0.2) is 4.79 Å². The van der Waals surface area contributed by atoms with E-state index in [9.17, 15) is 4.79 Å². The van der Waals surface area contributed by atoms with Gasteiger partial charge in [-0.1, -0.05) is 6.42 Å². The van der Waals surface area contributed by atoms with E-state index in [1.165, 1.54) is 31.9 Å². The molecule has 2 aliphatic rings. The lowest BCUT2D eigenvalue weighted by atomic mass is 9.89. The third-order valence-electron chi connectivity index (χ3n) is 4.67. The fourth-order valence-electron chi connectivity index (χ4n) is 3.67. The van der Waals surface area contributed by atoms with E-state index in [1.807, 2.05) is 0 Å². The molecular weight excluding hydrogens is 240 g/mol. The summed E-state index contributed by atoms with van der Waals surface area (Å²) in [6.07, 6.45) is 7.12. The minimum Gasteiger partial charge on any atom is -0.478 e. The Balaban J connectivity index is 1.46. The standard InChI is InChI=1S/C15H20N2O2/c18-15(19)12-3-4-14(17-8-12)9-16-7-13-6-10-1-2-11(13)5-10/h3-4,8,10-11,13,16H,1-2,5-7,9H2,(H,18,19). The number of carboxylic acid groups (broad SMARTS) is 1. The van der Waals surface area contributed by atoms with Crippen molar-refractivity contribution in [3.8, 4) is 0 Å². The molecule has 0 aliphatic heterocycles. The number of nitrogens with one attached hydrogen (secondary N) is 1. The fourth-order valence-corrected chi connectivity index (χ4v) is 3.67. The molecule has 2 fully saturated rings. The molecule has 0 aromatic carbocycles. The Bertz CT molecular complexity index is 458. The lowest BCUT2D eigenvalue weighted by Crippen LogP contribution is -2.26. The molecule has 0 radical (unpaired) electrons. The lowest BCUT2D eigenvalue weighted by Gasteiger charge is -2.21. The maximum absolute atomic E-state index is 10.7. The van der Waals surface area contributed by atoms with Crippen molar-refractivity contribution in [1.82, 2.24) is 10.3 Å². The Morgan fingerprint density at radius 3 is 2.84 bits per heavy atom. The molecule has 0 saturated heterocycles. The van der Waals surface area contributed by atoms with Crippen molar-refractivity contribution in [2.75, 3.05) is 6.54 Å². The molecular formula is C15H20N2O2.